The van der Waals surface area contributed by atoms with E-state index in [2.05, 4.69) is 0 Å². The van der Waals surface area contributed by atoms with Gasteiger partial charge in [0.1, 0.15) is 18.5 Å². The van der Waals surface area contributed by atoms with Crippen molar-refractivity contribution in [2.45, 2.75) is 54.3 Å². The second-order valence-corrected chi connectivity index (χ2v) is 3.03. The summed E-state index contributed by atoms with van der Waals surface area (Å²) in [7, 11) is 0. The Labute approximate surface area is 118 Å². The largest absolute Gasteiger partial charge is 0.490 e. The molecule has 0 saturated carbocycles. The Hall–Kier alpha value is -1.06. The zero-order chi connectivity index (χ0) is 15.1. The van der Waals surface area contributed by atoms with Crippen LogP contribution in [0.25, 0.3) is 0 Å². The van der Waals surface area contributed by atoms with Crippen molar-refractivity contribution < 1.29 is 14.6 Å². The molecule has 1 N–H and O–H groups in total. The first kappa shape index (κ1) is 20.3. The number of hydrogen-bond acceptors (Lipinski definition) is 3. The summed E-state index contributed by atoms with van der Waals surface area (Å²) >= 11 is 0. The third kappa shape index (κ3) is 9.51. The first-order chi connectivity index (χ1) is 9.40. The van der Waals surface area contributed by atoms with Crippen LogP contribution >= 0.6 is 0 Å². The zero-order valence-corrected chi connectivity index (χ0v) is 13.3. The van der Waals surface area contributed by atoms with Gasteiger partial charge in [-0.15, -0.1) is 0 Å². The molecule has 1 atom stereocenters. The van der Waals surface area contributed by atoms with E-state index < -0.39 is 0 Å². The van der Waals surface area contributed by atoms with Gasteiger partial charge in [0, 0.05) is 5.56 Å². The number of para-hydroxylation sites is 1. The lowest BCUT2D eigenvalue weighted by Gasteiger charge is -2.07. The number of rotatable bonds is 4. The second-order valence-electron chi connectivity index (χ2n) is 3.03. The summed E-state index contributed by atoms with van der Waals surface area (Å²) in [6.45, 7) is 13.4. The van der Waals surface area contributed by atoms with Crippen LogP contribution in [0.3, 0.4) is 0 Å². The van der Waals surface area contributed by atoms with Crippen molar-refractivity contribution in [1.82, 2.24) is 0 Å². The molecule has 1 saturated heterocycles. The molecule has 1 aliphatic heterocycles. The predicted octanol–water partition coefficient (Wildman–Crippen LogP) is 4.04. The highest BCUT2D eigenvalue weighted by Gasteiger charge is 2.23. The molecule has 2 rings (SSSR count). The molecule has 0 bridgehead atoms. The van der Waals surface area contributed by atoms with Gasteiger partial charge >= 0.3 is 0 Å². The lowest BCUT2D eigenvalue weighted by Crippen LogP contribution is -2.05. The van der Waals surface area contributed by atoms with E-state index in [1.54, 1.807) is 0 Å². The van der Waals surface area contributed by atoms with E-state index in [-0.39, 0.29) is 12.7 Å². The van der Waals surface area contributed by atoms with Crippen LogP contribution in [-0.4, -0.2) is 24.4 Å². The summed E-state index contributed by atoms with van der Waals surface area (Å²) in [5, 5.41) is 8.99. The molecule has 1 unspecified atom stereocenters. The van der Waals surface area contributed by atoms with Crippen molar-refractivity contribution >= 4 is 0 Å². The summed E-state index contributed by atoms with van der Waals surface area (Å²) in [5.41, 5.74) is 0.822. The minimum absolute atomic E-state index is 0.0156. The van der Waals surface area contributed by atoms with Gasteiger partial charge in [-0.25, -0.2) is 0 Å². The molecule has 1 aromatic carbocycles. The van der Waals surface area contributed by atoms with Crippen LogP contribution in [0, 0.1) is 0 Å². The van der Waals surface area contributed by atoms with Crippen LogP contribution in [-0.2, 0) is 11.3 Å². The standard InChI is InChI=1S/C10H12O3.3C2H6/c11-5-8-3-1-2-4-10(8)13-7-9-6-12-9;3*1-2/h1-4,9,11H,5-7H2;3*1-2H3. The molecule has 112 valence electrons. The van der Waals surface area contributed by atoms with E-state index in [1.807, 2.05) is 65.8 Å². The maximum atomic E-state index is 8.99. The SMILES string of the molecule is CC.CC.CC.OCc1ccccc1OCC1CO1. The molecule has 1 heterocycles. The summed E-state index contributed by atoms with van der Waals surface area (Å²) < 4.78 is 10.5. The van der Waals surface area contributed by atoms with Gasteiger partial charge in [0.25, 0.3) is 0 Å². The summed E-state index contributed by atoms with van der Waals surface area (Å²) in [5.74, 6) is 0.750. The molecule has 0 aromatic heterocycles. The van der Waals surface area contributed by atoms with Gasteiger partial charge in [-0.05, 0) is 6.07 Å². The van der Waals surface area contributed by atoms with E-state index in [4.69, 9.17) is 14.6 Å². The van der Waals surface area contributed by atoms with Crippen molar-refractivity contribution in [3.8, 4) is 5.75 Å². The Morgan fingerprint density at radius 3 is 2.11 bits per heavy atom. The molecule has 3 nitrogen and oxygen atoms in total. The normalized spacial score (nSPS) is 14.6. The molecule has 0 radical (unpaired) electrons. The smallest absolute Gasteiger partial charge is 0.124 e. The topological polar surface area (TPSA) is 42.0 Å². The van der Waals surface area contributed by atoms with Gasteiger partial charge in [-0.2, -0.15) is 0 Å². The quantitative estimate of drug-likeness (QED) is 0.840. The number of aliphatic hydroxyl groups is 1. The predicted molar refractivity (Wildman–Crippen MR) is 81.6 cm³/mol. The van der Waals surface area contributed by atoms with E-state index in [0.29, 0.717) is 6.61 Å². The number of epoxide rings is 1. The van der Waals surface area contributed by atoms with Crippen LogP contribution in [0.4, 0.5) is 0 Å². The Kier molecular flexibility index (Phi) is 16.0. The molecular formula is C16H30O3. The Morgan fingerprint density at radius 1 is 1.11 bits per heavy atom. The maximum Gasteiger partial charge on any atom is 0.124 e. The Bertz CT molecular complexity index is 283. The van der Waals surface area contributed by atoms with Crippen molar-refractivity contribution in [3.05, 3.63) is 29.8 Å². The van der Waals surface area contributed by atoms with Gasteiger partial charge in [0.05, 0.1) is 13.2 Å². The fourth-order valence-corrected chi connectivity index (χ4v) is 1.12. The average molecular weight is 270 g/mol. The molecule has 1 aliphatic rings. The van der Waals surface area contributed by atoms with Crippen LogP contribution in [0.1, 0.15) is 47.1 Å². The van der Waals surface area contributed by atoms with E-state index >= 15 is 0 Å². The molecule has 1 aromatic rings. The third-order valence-electron chi connectivity index (χ3n) is 1.97. The highest BCUT2D eigenvalue weighted by atomic mass is 16.6. The van der Waals surface area contributed by atoms with Crippen LogP contribution in [0.5, 0.6) is 5.75 Å². The first-order valence-electron chi connectivity index (χ1n) is 7.33. The van der Waals surface area contributed by atoms with Crippen molar-refractivity contribution in [2.24, 2.45) is 0 Å². The van der Waals surface area contributed by atoms with E-state index in [1.165, 1.54) is 0 Å². The number of benzene rings is 1. The number of aliphatic hydroxyl groups excluding tert-OH is 1. The molecule has 0 amide bonds. The fourth-order valence-electron chi connectivity index (χ4n) is 1.12. The minimum Gasteiger partial charge on any atom is -0.490 e. The molecule has 19 heavy (non-hydrogen) atoms. The van der Waals surface area contributed by atoms with Gasteiger partial charge < -0.3 is 14.6 Å². The summed E-state index contributed by atoms with van der Waals surface area (Å²) in [6, 6.07) is 7.48. The summed E-state index contributed by atoms with van der Waals surface area (Å²) in [4.78, 5) is 0. The molecule has 1 fully saturated rings. The lowest BCUT2D eigenvalue weighted by molar-refractivity contribution is 0.243. The number of ether oxygens (including phenoxy) is 2. The van der Waals surface area contributed by atoms with Crippen molar-refractivity contribution in [2.75, 3.05) is 13.2 Å². The van der Waals surface area contributed by atoms with Crippen molar-refractivity contribution in [1.29, 1.82) is 0 Å². The van der Waals surface area contributed by atoms with Crippen LogP contribution in [0.15, 0.2) is 24.3 Å². The molecule has 3 heteroatoms. The minimum atomic E-state index is 0.0156. The van der Waals surface area contributed by atoms with Gasteiger partial charge in [-0.1, -0.05) is 59.7 Å². The average Bonchev–Trinajstić information content (AvgIpc) is 3.36. The highest BCUT2D eigenvalue weighted by Crippen LogP contribution is 2.19. The van der Waals surface area contributed by atoms with E-state index in [0.717, 1.165) is 17.9 Å². The Morgan fingerprint density at radius 2 is 1.63 bits per heavy atom. The molecule has 0 aliphatic carbocycles. The molecule has 0 spiro atoms. The zero-order valence-electron chi connectivity index (χ0n) is 13.3. The van der Waals surface area contributed by atoms with Crippen LogP contribution < -0.4 is 4.74 Å². The highest BCUT2D eigenvalue weighted by molar-refractivity contribution is 5.32. The van der Waals surface area contributed by atoms with Crippen molar-refractivity contribution in [3.63, 3.8) is 0 Å². The van der Waals surface area contributed by atoms with Gasteiger partial charge in [-0.3, -0.25) is 0 Å². The molecular weight excluding hydrogens is 240 g/mol. The first-order valence-corrected chi connectivity index (χ1v) is 7.33. The Balaban J connectivity index is 0. The lowest BCUT2D eigenvalue weighted by atomic mass is 10.2. The monoisotopic (exact) mass is 270 g/mol. The number of hydrogen-bond donors (Lipinski definition) is 1. The second kappa shape index (κ2) is 15.0. The van der Waals surface area contributed by atoms with Gasteiger partial charge in [0.2, 0.25) is 0 Å². The van der Waals surface area contributed by atoms with E-state index in [9.17, 15) is 0 Å². The fraction of sp³-hybridized carbons (Fsp3) is 0.625. The maximum absolute atomic E-state index is 8.99. The summed E-state index contributed by atoms with van der Waals surface area (Å²) in [6.07, 6.45) is 0.256. The van der Waals surface area contributed by atoms with Gasteiger partial charge in [0.15, 0.2) is 0 Å². The third-order valence-corrected chi connectivity index (χ3v) is 1.97. The van der Waals surface area contributed by atoms with Crippen LogP contribution in [0.2, 0.25) is 0 Å².